The van der Waals surface area contributed by atoms with E-state index in [1.165, 1.54) is 0 Å². The number of ether oxygens (including phenoxy) is 1. The first-order valence-corrected chi connectivity index (χ1v) is 5.09. The molecule has 2 rings (SSSR count). The third-order valence-corrected chi connectivity index (χ3v) is 2.36. The molecule has 80 valence electrons. The van der Waals surface area contributed by atoms with Crippen molar-refractivity contribution in [2.75, 3.05) is 0 Å². The minimum atomic E-state index is -0.0251. The zero-order valence-electron chi connectivity index (χ0n) is 8.97. The smallest absolute Gasteiger partial charge is 0.136 e. The molecule has 0 aliphatic carbocycles. The number of hydrogen-bond donors (Lipinski definition) is 1. The van der Waals surface area contributed by atoms with Crippen LogP contribution in [0.15, 0.2) is 42.6 Å². The van der Waals surface area contributed by atoms with Crippen LogP contribution >= 0.6 is 0 Å². The van der Waals surface area contributed by atoms with Crippen LogP contribution < -0.4 is 4.74 Å². The lowest BCUT2D eigenvalue weighted by Gasteiger charge is -2.13. The van der Waals surface area contributed by atoms with Crippen molar-refractivity contribution in [3.63, 3.8) is 0 Å². The molecule has 0 aliphatic rings. The third-order valence-electron chi connectivity index (χ3n) is 2.36. The predicted molar refractivity (Wildman–Crippen MR) is 61.0 cm³/mol. The van der Waals surface area contributed by atoms with E-state index in [4.69, 9.17) is 10.00 Å². The van der Waals surface area contributed by atoms with Crippen LogP contribution in [0.3, 0.4) is 0 Å². The summed E-state index contributed by atoms with van der Waals surface area (Å²) in [4.78, 5) is 3.10. The number of benzene rings is 1. The second-order valence-electron chi connectivity index (χ2n) is 3.52. The van der Waals surface area contributed by atoms with Crippen LogP contribution in [-0.2, 0) is 0 Å². The zero-order valence-corrected chi connectivity index (χ0v) is 8.97. The lowest BCUT2D eigenvalue weighted by atomic mass is 10.2. The highest BCUT2D eigenvalue weighted by atomic mass is 16.5. The van der Waals surface area contributed by atoms with E-state index in [-0.39, 0.29) is 6.10 Å². The molecule has 1 unspecified atom stereocenters. The number of nitrogens with one attached hydrogen (secondary N) is 1. The Morgan fingerprint density at radius 1 is 1.25 bits per heavy atom. The molecule has 0 spiro atoms. The molecule has 2 aromatic rings. The van der Waals surface area contributed by atoms with Gasteiger partial charge < -0.3 is 9.72 Å². The lowest BCUT2D eigenvalue weighted by Crippen LogP contribution is -2.03. The highest BCUT2D eigenvalue weighted by molar-refractivity contribution is 5.34. The van der Waals surface area contributed by atoms with Gasteiger partial charge in [-0.3, -0.25) is 0 Å². The molecule has 3 nitrogen and oxygen atoms in total. The number of nitriles is 1. The average Bonchev–Trinajstić information content (AvgIpc) is 2.83. The Morgan fingerprint density at radius 3 is 2.56 bits per heavy atom. The molecule has 0 aliphatic heterocycles. The summed E-state index contributed by atoms with van der Waals surface area (Å²) in [6, 6.07) is 13.1. The van der Waals surface area contributed by atoms with Gasteiger partial charge in [-0.1, -0.05) is 0 Å². The summed E-state index contributed by atoms with van der Waals surface area (Å²) in [7, 11) is 0. The van der Waals surface area contributed by atoms with Crippen molar-refractivity contribution in [3.8, 4) is 11.8 Å². The Bertz CT molecular complexity index is 480. The Morgan fingerprint density at radius 2 is 2.00 bits per heavy atom. The highest BCUT2D eigenvalue weighted by Crippen LogP contribution is 2.20. The number of aromatic nitrogens is 1. The molecule has 0 fully saturated rings. The van der Waals surface area contributed by atoms with E-state index in [9.17, 15) is 0 Å². The number of hydrogen-bond acceptors (Lipinski definition) is 2. The van der Waals surface area contributed by atoms with Crippen molar-refractivity contribution in [2.24, 2.45) is 0 Å². The summed E-state index contributed by atoms with van der Waals surface area (Å²) in [6.07, 6.45) is 1.84. The van der Waals surface area contributed by atoms with E-state index < -0.39 is 0 Å². The Labute approximate surface area is 94.3 Å². The van der Waals surface area contributed by atoms with Gasteiger partial charge in [0.25, 0.3) is 0 Å². The summed E-state index contributed by atoms with van der Waals surface area (Å²) in [5, 5.41) is 8.66. The maximum Gasteiger partial charge on any atom is 0.136 e. The fraction of sp³-hybridized carbons (Fsp3) is 0.154. The van der Waals surface area contributed by atoms with Crippen LogP contribution in [0.5, 0.6) is 5.75 Å². The molecule has 1 heterocycles. The summed E-state index contributed by atoms with van der Waals surface area (Å²) in [6.45, 7) is 1.98. The fourth-order valence-electron chi connectivity index (χ4n) is 1.47. The SMILES string of the molecule is CC(Oc1ccc(C#N)cc1)c1ccc[nH]1. The second-order valence-corrected chi connectivity index (χ2v) is 3.52. The van der Waals surface area contributed by atoms with Gasteiger partial charge in [-0.05, 0) is 43.3 Å². The first-order chi connectivity index (χ1) is 7.79. The van der Waals surface area contributed by atoms with E-state index >= 15 is 0 Å². The molecule has 0 bridgehead atoms. The highest BCUT2D eigenvalue weighted by Gasteiger charge is 2.07. The van der Waals surface area contributed by atoms with Gasteiger partial charge in [-0.2, -0.15) is 5.26 Å². The normalized spacial score (nSPS) is 11.8. The predicted octanol–water partition coefficient (Wildman–Crippen LogP) is 3.03. The third kappa shape index (κ3) is 2.23. The van der Waals surface area contributed by atoms with Crippen LogP contribution in [-0.4, -0.2) is 4.98 Å². The molecule has 0 amide bonds. The lowest BCUT2D eigenvalue weighted by molar-refractivity contribution is 0.222. The molecule has 1 aromatic carbocycles. The van der Waals surface area contributed by atoms with Crippen molar-refractivity contribution in [2.45, 2.75) is 13.0 Å². The summed E-state index contributed by atoms with van der Waals surface area (Å²) < 4.78 is 5.72. The maximum atomic E-state index is 8.66. The fourth-order valence-corrected chi connectivity index (χ4v) is 1.47. The molecule has 3 heteroatoms. The minimum Gasteiger partial charge on any atom is -0.485 e. The molecule has 1 N–H and O–H groups in total. The molecular formula is C13H12N2O. The first kappa shape index (κ1) is 10.3. The quantitative estimate of drug-likeness (QED) is 0.850. The molecule has 0 saturated heterocycles. The van der Waals surface area contributed by atoms with Gasteiger partial charge in [0.1, 0.15) is 11.9 Å². The minimum absolute atomic E-state index is 0.0251. The second kappa shape index (κ2) is 4.54. The Kier molecular flexibility index (Phi) is 2.93. The zero-order chi connectivity index (χ0) is 11.4. The number of aromatic amines is 1. The van der Waals surface area contributed by atoms with Crippen molar-refractivity contribution in [1.82, 2.24) is 4.98 Å². The Hall–Kier alpha value is -2.21. The molecule has 1 atom stereocenters. The van der Waals surface area contributed by atoms with Gasteiger partial charge in [0, 0.05) is 6.20 Å². The van der Waals surface area contributed by atoms with Gasteiger partial charge in [-0.15, -0.1) is 0 Å². The molecular weight excluding hydrogens is 200 g/mol. The number of nitrogens with zero attached hydrogens (tertiary/aromatic N) is 1. The van der Waals surface area contributed by atoms with E-state index in [1.54, 1.807) is 24.3 Å². The van der Waals surface area contributed by atoms with Gasteiger partial charge in [-0.25, -0.2) is 0 Å². The number of H-pyrrole nitrogens is 1. The molecule has 16 heavy (non-hydrogen) atoms. The van der Waals surface area contributed by atoms with Crippen molar-refractivity contribution < 1.29 is 4.74 Å². The van der Waals surface area contributed by atoms with E-state index in [0.717, 1.165) is 11.4 Å². The largest absolute Gasteiger partial charge is 0.485 e. The van der Waals surface area contributed by atoms with Gasteiger partial charge in [0.15, 0.2) is 0 Å². The van der Waals surface area contributed by atoms with Crippen LogP contribution in [0, 0.1) is 11.3 Å². The van der Waals surface area contributed by atoms with Crippen LogP contribution in [0.2, 0.25) is 0 Å². The molecule has 0 saturated carbocycles. The summed E-state index contributed by atoms with van der Waals surface area (Å²) >= 11 is 0. The monoisotopic (exact) mass is 212 g/mol. The molecule has 1 aromatic heterocycles. The van der Waals surface area contributed by atoms with Crippen molar-refractivity contribution in [3.05, 3.63) is 53.9 Å². The van der Waals surface area contributed by atoms with Crippen LogP contribution in [0.1, 0.15) is 24.3 Å². The van der Waals surface area contributed by atoms with Crippen LogP contribution in [0.4, 0.5) is 0 Å². The van der Waals surface area contributed by atoms with E-state index in [1.807, 2.05) is 25.3 Å². The van der Waals surface area contributed by atoms with Crippen LogP contribution in [0.25, 0.3) is 0 Å². The van der Waals surface area contributed by atoms with E-state index in [2.05, 4.69) is 11.1 Å². The topological polar surface area (TPSA) is 48.8 Å². The maximum absolute atomic E-state index is 8.66. The standard InChI is InChI=1S/C13H12N2O/c1-10(13-3-2-8-15-13)16-12-6-4-11(9-14)5-7-12/h2-8,10,15H,1H3. The van der Waals surface area contributed by atoms with Gasteiger partial charge in [0.2, 0.25) is 0 Å². The van der Waals surface area contributed by atoms with Crippen molar-refractivity contribution in [1.29, 1.82) is 5.26 Å². The van der Waals surface area contributed by atoms with Crippen molar-refractivity contribution >= 4 is 0 Å². The average molecular weight is 212 g/mol. The van der Waals surface area contributed by atoms with Gasteiger partial charge in [0.05, 0.1) is 17.3 Å². The number of rotatable bonds is 3. The van der Waals surface area contributed by atoms with Gasteiger partial charge >= 0.3 is 0 Å². The Balaban J connectivity index is 2.07. The van der Waals surface area contributed by atoms with E-state index in [0.29, 0.717) is 5.56 Å². The summed E-state index contributed by atoms with van der Waals surface area (Å²) in [5.74, 6) is 0.765. The molecule has 0 radical (unpaired) electrons. The summed E-state index contributed by atoms with van der Waals surface area (Å²) in [5.41, 5.74) is 1.67. The first-order valence-electron chi connectivity index (χ1n) is 5.09.